The van der Waals surface area contributed by atoms with Crippen LogP contribution in [0.25, 0.3) is 5.57 Å². The van der Waals surface area contributed by atoms with Crippen LogP contribution in [-0.4, -0.2) is 28.7 Å². The lowest BCUT2D eigenvalue weighted by Gasteiger charge is -2.47. The van der Waals surface area contributed by atoms with Crippen LogP contribution < -0.4 is 4.90 Å². The number of carbonyl (C=O) groups excluding carboxylic acids is 3. The highest BCUT2D eigenvalue weighted by atomic mass is 16.2. The summed E-state index contributed by atoms with van der Waals surface area (Å²) in [5.74, 6) is -0.864. The van der Waals surface area contributed by atoms with Crippen molar-refractivity contribution in [3.8, 4) is 0 Å². The number of amides is 3. The van der Waals surface area contributed by atoms with E-state index >= 15 is 0 Å². The molecule has 2 aromatic rings. The van der Waals surface area contributed by atoms with Crippen LogP contribution in [0.3, 0.4) is 0 Å². The van der Waals surface area contributed by atoms with Crippen molar-refractivity contribution in [3.05, 3.63) is 71.8 Å². The topological polar surface area (TPSA) is 57.7 Å². The first kappa shape index (κ1) is 18.8. The van der Waals surface area contributed by atoms with Crippen LogP contribution in [-0.2, 0) is 15.1 Å². The predicted octanol–water partition coefficient (Wildman–Crippen LogP) is 4.28. The summed E-state index contributed by atoms with van der Waals surface area (Å²) in [6, 6.07) is 14.5. The molecule has 1 unspecified atom stereocenters. The summed E-state index contributed by atoms with van der Waals surface area (Å²) in [7, 11) is 0. The quantitative estimate of drug-likeness (QED) is 0.672. The molecule has 152 valence electrons. The third-order valence-corrected chi connectivity index (χ3v) is 6.79. The van der Waals surface area contributed by atoms with Gasteiger partial charge in [-0.25, -0.2) is 0 Å². The fourth-order valence-corrected chi connectivity index (χ4v) is 5.52. The number of hydrogen-bond donors (Lipinski definition) is 0. The van der Waals surface area contributed by atoms with Gasteiger partial charge in [-0.15, -0.1) is 0 Å². The highest BCUT2D eigenvalue weighted by molar-refractivity contribution is 6.25. The van der Waals surface area contributed by atoms with Crippen molar-refractivity contribution in [2.75, 3.05) is 4.90 Å². The molecule has 0 radical (unpaired) electrons. The molecule has 1 atom stereocenters. The highest BCUT2D eigenvalue weighted by Gasteiger charge is 2.62. The Morgan fingerprint density at radius 1 is 0.967 bits per heavy atom. The molecule has 5 rings (SSSR count). The fourth-order valence-electron chi connectivity index (χ4n) is 5.52. The van der Waals surface area contributed by atoms with Crippen molar-refractivity contribution < 1.29 is 14.4 Å². The van der Waals surface area contributed by atoms with E-state index in [4.69, 9.17) is 0 Å². The predicted molar refractivity (Wildman–Crippen MR) is 115 cm³/mol. The van der Waals surface area contributed by atoms with Crippen LogP contribution in [0.5, 0.6) is 0 Å². The Hall–Kier alpha value is -3.21. The average Bonchev–Trinajstić information content (AvgIpc) is 3.03. The highest BCUT2D eigenvalue weighted by Crippen LogP contribution is 2.55. The van der Waals surface area contributed by atoms with E-state index in [0.717, 1.165) is 37.7 Å². The summed E-state index contributed by atoms with van der Waals surface area (Å²) in [5, 5.41) is 0. The molecule has 0 aromatic heterocycles. The molecule has 0 saturated heterocycles. The number of para-hydroxylation sites is 1. The minimum absolute atomic E-state index is 0.144. The van der Waals surface area contributed by atoms with Gasteiger partial charge in [0, 0.05) is 29.7 Å². The molecule has 0 bridgehead atoms. The van der Waals surface area contributed by atoms with Gasteiger partial charge in [-0.1, -0.05) is 62.2 Å². The van der Waals surface area contributed by atoms with Gasteiger partial charge in [0.2, 0.25) is 5.91 Å². The molecule has 2 aromatic carbocycles. The van der Waals surface area contributed by atoms with Crippen LogP contribution in [0.4, 0.5) is 5.69 Å². The Balaban J connectivity index is 1.80. The first-order chi connectivity index (χ1) is 14.5. The van der Waals surface area contributed by atoms with Crippen molar-refractivity contribution >= 4 is 29.0 Å². The number of rotatable bonds is 1. The summed E-state index contributed by atoms with van der Waals surface area (Å²) in [6.45, 7) is 5.77. The lowest BCUT2D eigenvalue weighted by atomic mass is 9.74. The van der Waals surface area contributed by atoms with Crippen LogP contribution in [0.1, 0.15) is 60.5 Å². The number of carbonyl (C=O) groups is 3. The molecular weight excluding hydrogens is 376 g/mol. The molecule has 2 aliphatic heterocycles. The minimum atomic E-state index is -1.42. The van der Waals surface area contributed by atoms with E-state index in [2.05, 4.69) is 6.58 Å². The first-order valence-electron chi connectivity index (χ1n) is 10.6. The zero-order chi connectivity index (χ0) is 21.0. The van der Waals surface area contributed by atoms with E-state index in [1.165, 1.54) is 11.8 Å². The minimum Gasteiger partial charge on any atom is -0.288 e. The first-order valence-corrected chi connectivity index (χ1v) is 10.6. The Morgan fingerprint density at radius 2 is 1.60 bits per heavy atom. The van der Waals surface area contributed by atoms with E-state index < -0.39 is 5.54 Å². The van der Waals surface area contributed by atoms with Crippen LogP contribution in [0.2, 0.25) is 0 Å². The second-order valence-electron chi connectivity index (χ2n) is 8.38. The zero-order valence-electron chi connectivity index (χ0n) is 17.1. The molecule has 5 nitrogen and oxygen atoms in total. The monoisotopic (exact) mass is 400 g/mol. The number of hydrogen-bond acceptors (Lipinski definition) is 3. The van der Waals surface area contributed by atoms with Gasteiger partial charge in [-0.3, -0.25) is 24.2 Å². The summed E-state index contributed by atoms with van der Waals surface area (Å²) in [6.07, 6.45) is 4.71. The number of nitrogens with zero attached hydrogens (tertiary/aromatic N) is 2. The maximum atomic E-state index is 14.3. The second kappa shape index (κ2) is 6.66. The largest absolute Gasteiger partial charge is 0.288 e. The van der Waals surface area contributed by atoms with Gasteiger partial charge in [-0.2, -0.15) is 0 Å². The molecule has 3 amide bonds. The fraction of sp³-hybridized carbons (Fsp3) is 0.320. The van der Waals surface area contributed by atoms with E-state index in [1.54, 1.807) is 17.0 Å². The van der Waals surface area contributed by atoms with Crippen LogP contribution in [0.15, 0.2) is 55.1 Å². The van der Waals surface area contributed by atoms with Gasteiger partial charge in [0.25, 0.3) is 11.8 Å². The van der Waals surface area contributed by atoms with E-state index in [9.17, 15) is 14.4 Å². The molecule has 1 saturated carbocycles. The van der Waals surface area contributed by atoms with E-state index in [0.29, 0.717) is 22.4 Å². The average molecular weight is 400 g/mol. The molecular formula is C25H24N2O3. The smallest absolute Gasteiger partial charge is 0.265 e. The lowest BCUT2D eigenvalue weighted by molar-refractivity contribution is -0.137. The summed E-state index contributed by atoms with van der Waals surface area (Å²) < 4.78 is 0. The summed E-state index contributed by atoms with van der Waals surface area (Å²) in [5.41, 5.74) is 1.59. The van der Waals surface area contributed by atoms with Crippen LogP contribution in [0, 0.1) is 0 Å². The summed E-state index contributed by atoms with van der Waals surface area (Å²) in [4.78, 5) is 43.7. The third-order valence-electron chi connectivity index (χ3n) is 6.79. The standard InChI is InChI=1S/C25H24N2O3/c1-16-19-12-7-9-15-22(19)27(17(2)28)25(16)21-14-8-6-13-20(21)23(29)26(24(25)30)18-10-4-3-5-11-18/h6-9,12-15,18H,1,3-5,10-11H2,2H3. The van der Waals surface area contributed by atoms with Crippen molar-refractivity contribution in [2.45, 2.75) is 50.6 Å². The van der Waals surface area contributed by atoms with E-state index in [1.807, 2.05) is 36.4 Å². The molecule has 0 N–H and O–H groups in total. The number of imide groups is 1. The molecule has 1 aliphatic carbocycles. The molecule has 1 fully saturated rings. The molecule has 2 heterocycles. The Bertz CT molecular complexity index is 1100. The maximum Gasteiger partial charge on any atom is 0.265 e. The van der Waals surface area contributed by atoms with Crippen LogP contribution >= 0.6 is 0 Å². The SMILES string of the molecule is C=C1c2ccccc2N(C(C)=O)C12C(=O)N(C1CCCCC1)C(=O)c1ccccc12. The number of benzene rings is 2. The van der Waals surface area contributed by atoms with Gasteiger partial charge in [-0.05, 0) is 30.5 Å². The Labute approximate surface area is 176 Å². The summed E-state index contributed by atoms with van der Waals surface area (Å²) >= 11 is 0. The maximum absolute atomic E-state index is 14.3. The molecule has 5 heteroatoms. The van der Waals surface area contributed by atoms with Gasteiger partial charge in [0.15, 0.2) is 5.54 Å². The molecule has 3 aliphatic rings. The van der Waals surface area contributed by atoms with Gasteiger partial charge >= 0.3 is 0 Å². The zero-order valence-corrected chi connectivity index (χ0v) is 17.1. The van der Waals surface area contributed by atoms with Gasteiger partial charge in [0.05, 0.1) is 5.69 Å². The van der Waals surface area contributed by atoms with Gasteiger partial charge in [0.1, 0.15) is 0 Å². The lowest BCUT2D eigenvalue weighted by Crippen LogP contribution is -2.64. The molecule has 30 heavy (non-hydrogen) atoms. The Morgan fingerprint density at radius 3 is 2.30 bits per heavy atom. The van der Waals surface area contributed by atoms with E-state index in [-0.39, 0.29) is 23.8 Å². The van der Waals surface area contributed by atoms with Crippen molar-refractivity contribution in [3.63, 3.8) is 0 Å². The Kier molecular flexibility index (Phi) is 4.17. The molecule has 1 spiro atoms. The van der Waals surface area contributed by atoms with Gasteiger partial charge < -0.3 is 0 Å². The third kappa shape index (κ3) is 2.26. The van der Waals surface area contributed by atoms with Crippen molar-refractivity contribution in [1.82, 2.24) is 4.90 Å². The number of anilines is 1. The normalized spacial score (nSPS) is 23.7. The number of fused-ring (bicyclic) bond motifs is 3. The van der Waals surface area contributed by atoms with Crippen molar-refractivity contribution in [2.24, 2.45) is 0 Å². The second-order valence-corrected chi connectivity index (χ2v) is 8.38. The van der Waals surface area contributed by atoms with Crippen molar-refractivity contribution in [1.29, 1.82) is 0 Å².